The quantitative estimate of drug-likeness (QED) is 0.406. The number of aromatic nitrogens is 1. The number of piperazine rings is 1. The van der Waals surface area contributed by atoms with Crippen LogP contribution in [0.3, 0.4) is 0 Å². The molecule has 1 fully saturated rings. The lowest BCUT2D eigenvalue weighted by atomic mass is 10.2. The van der Waals surface area contributed by atoms with Crippen LogP contribution in [-0.4, -0.2) is 48.5 Å². The van der Waals surface area contributed by atoms with E-state index in [1.54, 1.807) is 11.1 Å². The smallest absolute Gasteiger partial charge is 0.353 e. The zero-order valence-electron chi connectivity index (χ0n) is 18.1. The Morgan fingerprint density at radius 2 is 1.71 bits per heavy atom. The number of carbonyl (C=O) groups is 1. The molecule has 34 heavy (non-hydrogen) atoms. The molecule has 0 saturated carbocycles. The molecule has 0 spiro atoms. The van der Waals surface area contributed by atoms with Crippen LogP contribution in [0.25, 0.3) is 0 Å². The summed E-state index contributed by atoms with van der Waals surface area (Å²) in [5.74, 6) is 0.671. The first-order valence-electron chi connectivity index (χ1n) is 10.6. The van der Waals surface area contributed by atoms with Gasteiger partial charge in [-0.1, -0.05) is 35.9 Å². The molecular formula is C24H22ClF3N4OS. The van der Waals surface area contributed by atoms with E-state index < -0.39 is 11.7 Å². The maximum atomic E-state index is 13.4. The van der Waals surface area contributed by atoms with E-state index in [2.05, 4.69) is 9.88 Å². The van der Waals surface area contributed by atoms with Crippen molar-refractivity contribution in [3.05, 3.63) is 83.5 Å². The lowest BCUT2D eigenvalue weighted by Crippen LogP contribution is -2.51. The average Bonchev–Trinajstić information content (AvgIpc) is 2.84. The van der Waals surface area contributed by atoms with Crippen LogP contribution < -0.4 is 9.21 Å². The molecule has 0 N–H and O–H groups in total. The van der Waals surface area contributed by atoms with Crippen LogP contribution in [0.2, 0.25) is 5.02 Å². The molecule has 4 rings (SSSR count). The van der Waals surface area contributed by atoms with E-state index in [0.717, 1.165) is 22.8 Å². The molecule has 1 aliphatic heterocycles. The number of hydrogen-bond acceptors (Lipinski definition) is 5. The topological polar surface area (TPSA) is 39.7 Å². The number of anilines is 2. The van der Waals surface area contributed by atoms with E-state index in [4.69, 9.17) is 11.6 Å². The predicted molar refractivity (Wildman–Crippen MR) is 129 cm³/mol. The van der Waals surface area contributed by atoms with Crippen molar-refractivity contribution in [1.82, 2.24) is 9.88 Å². The Balaban J connectivity index is 1.52. The highest BCUT2D eigenvalue weighted by atomic mass is 35.5. The molecule has 1 saturated heterocycles. The summed E-state index contributed by atoms with van der Waals surface area (Å²) in [7, 11) is 0. The Labute approximate surface area is 205 Å². The summed E-state index contributed by atoms with van der Waals surface area (Å²) in [6.07, 6.45) is -2.79. The molecule has 2 aromatic carbocycles. The highest BCUT2D eigenvalue weighted by molar-refractivity contribution is 8.00. The van der Waals surface area contributed by atoms with Crippen molar-refractivity contribution < 1.29 is 18.0 Å². The van der Waals surface area contributed by atoms with E-state index in [-0.39, 0.29) is 23.2 Å². The van der Waals surface area contributed by atoms with Gasteiger partial charge in [0, 0.05) is 37.3 Å². The van der Waals surface area contributed by atoms with Gasteiger partial charge in [-0.05, 0) is 54.4 Å². The number of hydrogen-bond donors (Lipinski definition) is 0. The Morgan fingerprint density at radius 1 is 1.00 bits per heavy atom. The summed E-state index contributed by atoms with van der Waals surface area (Å²) in [5.41, 5.74) is -0.673. The molecular weight excluding hydrogens is 485 g/mol. The Kier molecular flexibility index (Phi) is 7.53. The molecule has 0 radical (unpaired) electrons. The van der Waals surface area contributed by atoms with Gasteiger partial charge < -0.3 is 14.1 Å². The van der Waals surface area contributed by atoms with Crippen LogP contribution in [0.1, 0.15) is 5.56 Å². The summed E-state index contributed by atoms with van der Waals surface area (Å²) in [5, 5.41) is 0.143. The van der Waals surface area contributed by atoms with Gasteiger partial charge in [0.25, 0.3) is 0 Å². The maximum absolute atomic E-state index is 13.4. The first-order chi connectivity index (χ1) is 16.3. The minimum absolute atomic E-state index is 0.121. The van der Waals surface area contributed by atoms with Gasteiger partial charge in [-0.25, -0.2) is 4.98 Å². The fourth-order valence-electron chi connectivity index (χ4n) is 3.60. The zero-order valence-corrected chi connectivity index (χ0v) is 19.7. The van der Waals surface area contributed by atoms with Crippen molar-refractivity contribution in [2.45, 2.75) is 11.1 Å². The number of rotatable bonds is 6. The number of benzene rings is 2. The van der Waals surface area contributed by atoms with E-state index in [1.807, 2.05) is 48.5 Å². The molecule has 10 heteroatoms. The van der Waals surface area contributed by atoms with Gasteiger partial charge in [0.15, 0.2) is 0 Å². The third kappa shape index (κ3) is 5.95. The molecule has 1 aromatic heterocycles. The lowest BCUT2D eigenvalue weighted by molar-refractivity contribution is -0.137. The largest absolute Gasteiger partial charge is 0.416 e. The van der Waals surface area contributed by atoms with Crippen molar-refractivity contribution in [3.63, 3.8) is 0 Å². The summed E-state index contributed by atoms with van der Waals surface area (Å²) < 4.78 is 41.6. The van der Waals surface area contributed by atoms with Crippen molar-refractivity contribution >= 4 is 41.0 Å². The fourth-order valence-corrected chi connectivity index (χ4v) is 4.83. The van der Waals surface area contributed by atoms with Crippen LogP contribution >= 0.6 is 23.5 Å². The molecule has 0 aliphatic carbocycles. The van der Waals surface area contributed by atoms with Crippen molar-refractivity contribution in [3.8, 4) is 0 Å². The number of halogens is 4. The first kappa shape index (κ1) is 24.2. The second kappa shape index (κ2) is 10.6. The predicted octanol–water partition coefficient (Wildman–Crippen LogP) is 5.62. The summed E-state index contributed by atoms with van der Waals surface area (Å²) in [4.78, 5) is 22.1. The van der Waals surface area contributed by atoms with Gasteiger partial charge in [-0.3, -0.25) is 4.79 Å². The lowest BCUT2D eigenvalue weighted by Gasteiger charge is -2.36. The number of alkyl halides is 3. The number of nitrogens with zero attached hydrogens (tertiary/aromatic N) is 4. The van der Waals surface area contributed by atoms with Crippen LogP contribution in [0.5, 0.6) is 0 Å². The SMILES string of the molecule is O=C(CN(Sc1ccccc1)c1cc(C(F)(F)F)ccc1Cl)N1CCN(c2ccccn2)CC1. The minimum atomic E-state index is -4.52. The standard InChI is InChI=1S/C24H22ClF3N4OS/c25-20-10-9-18(24(26,27)28)16-21(20)32(34-19-6-2-1-3-7-19)17-23(33)31-14-12-30(13-15-31)22-8-4-5-11-29-22/h1-11,16H,12-15,17H2. The van der Waals surface area contributed by atoms with Crippen LogP contribution in [0.15, 0.2) is 77.8 Å². The summed E-state index contributed by atoms with van der Waals surface area (Å²) in [6.45, 7) is 2.12. The van der Waals surface area contributed by atoms with Crippen molar-refractivity contribution in [2.24, 2.45) is 0 Å². The third-order valence-electron chi connectivity index (χ3n) is 5.39. The molecule has 3 aromatic rings. The average molecular weight is 507 g/mol. The van der Waals surface area contributed by atoms with Gasteiger partial charge in [-0.15, -0.1) is 0 Å². The number of carbonyl (C=O) groups excluding carboxylic acids is 1. The van der Waals surface area contributed by atoms with Gasteiger partial charge in [-0.2, -0.15) is 13.2 Å². The summed E-state index contributed by atoms with van der Waals surface area (Å²) in [6, 6.07) is 18.0. The molecule has 0 unspecified atom stereocenters. The Hall–Kier alpha value is -2.91. The second-order valence-electron chi connectivity index (χ2n) is 7.66. The summed E-state index contributed by atoms with van der Waals surface area (Å²) >= 11 is 7.48. The normalized spacial score (nSPS) is 14.2. The minimum Gasteiger partial charge on any atom is -0.353 e. The number of amides is 1. The Morgan fingerprint density at radius 3 is 2.35 bits per heavy atom. The highest BCUT2D eigenvalue weighted by Gasteiger charge is 2.32. The fraction of sp³-hybridized carbons (Fsp3) is 0.250. The first-order valence-corrected chi connectivity index (χ1v) is 11.8. The molecule has 178 valence electrons. The van der Waals surface area contributed by atoms with Crippen LogP contribution in [0.4, 0.5) is 24.7 Å². The molecule has 2 heterocycles. The molecule has 1 aliphatic rings. The van der Waals surface area contributed by atoms with Gasteiger partial charge >= 0.3 is 6.18 Å². The second-order valence-corrected chi connectivity index (χ2v) is 9.16. The van der Waals surface area contributed by atoms with Gasteiger partial charge in [0.1, 0.15) is 12.4 Å². The third-order valence-corrected chi connectivity index (χ3v) is 6.73. The molecule has 1 amide bonds. The van der Waals surface area contributed by atoms with E-state index in [1.165, 1.54) is 22.3 Å². The van der Waals surface area contributed by atoms with Crippen molar-refractivity contribution in [2.75, 3.05) is 41.9 Å². The van der Waals surface area contributed by atoms with Crippen LogP contribution in [0, 0.1) is 0 Å². The van der Waals surface area contributed by atoms with E-state index >= 15 is 0 Å². The maximum Gasteiger partial charge on any atom is 0.416 e. The van der Waals surface area contributed by atoms with Gasteiger partial charge in [0.05, 0.1) is 16.3 Å². The van der Waals surface area contributed by atoms with E-state index in [9.17, 15) is 18.0 Å². The molecule has 0 bridgehead atoms. The number of pyridine rings is 1. The highest BCUT2D eigenvalue weighted by Crippen LogP contribution is 2.39. The van der Waals surface area contributed by atoms with Crippen molar-refractivity contribution in [1.29, 1.82) is 0 Å². The Bertz CT molecular complexity index is 1110. The molecule has 0 atom stereocenters. The van der Waals surface area contributed by atoms with E-state index in [0.29, 0.717) is 26.2 Å². The van der Waals surface area contributed by atoms with Crippen LogP contribution in [-0.2, 0) is 11.0 Å². The zero-order chi connectivity index (χ0) is 24.1. The van der Waals surface area contributed by atoms with Gasteiger partial charge in [0.2, 0.25) is 5.91 Å². The monoisotopic (exact) mass is 506 g/mol. The molecule has 5 nitrogen and oxygen atoms in total.